The van der Waals surface area contributed by atoms with E-state index >= 15 is 0 Å². The highest BCUT2D eigenvalue weighted by molar-refractivity contribution is 5.93. The highest BCUT2D eigenvalue weighted by Gasteiger charge is 2.31. The van der Waals surface area contributed by atoms with E-state index in [1.165, 1.54) is 6.33 Å². The number of aryl methyl sites for hydroxylation is 1. The van der Waals surface area contributed by atoms with Crippen molar-refractivity contribution in [2.24, 2.45) is 0 Å². The normalized spacial score (nSPS) is 16.9. The fraction of sp³-hybridized carbons (Fsp3) is 0.400. The second-order valence-electron chi connectivity index (χ2n) is 5.53. The summed E-state index contributed by atoms with van der Waals surface area (Å²) in [6.07, 6.45) is 6.63. The number of amides is 1. The van der Waals surface area contributed by atoms with Crippen LogP contribution in [0.1, 0.15) is 36.4 Å². The number of hydrogen-bond acceptors (Lipinski definition) is 6. The lowest BCUT2D eigenvalue weighted by molar-refractivity contribution is -0.116. The van der Waals surface area contributed by atoms with Gasteiger partial charge in [0.15, 0.2) is 5.82 Å². The average molecular weight is 297 g/mol. The van der Waals surface area contributed by atoms with Crippen LogP contribution in [0.5, 0.6) is 5.88 Å². The van der Waals surface area contributed by atoms with E-state index in [1.807, 2.05) is 0 Å². The Kier molecular flexibility index (Phi) is 2.99. The second kappa shape index (κ2) is 5.01. The van der Waals surface area contributed by atoms with Crippen LogP contribution in [-0.4, -0.2) is 33.0 Å². The van der Waals surface area contributed by atoms with Crippen LogP contribution in [0, 0.1) is 0 Å². The topological polar surface area (TPSA) is 89.9 Å². The molecule has 4 rings (SSSR count). The maximum absolute atomic E-state index is 11.6. The van der Waals surface area contributed by atoms with Gasteiger partial charge in [-0.3, -0.25) is 4.79 Å². The molecule has 2 aromatic rings. The zero-order valence-corrected chi connectivity index (χ0v) is 12.2. The summed E-state index contributed by atoms with van der Waals surface area (Å²) in [5.41, 5.74) is 2.61. The van der Waals surface area contributed by atoms with Crippen LogP contribution in [0.25, 0.3) is 11.4 Å². The zero-order valence-electron chi connectivity index (χ0n) is 12.2. The largest absolute Gasteiger partial charge is 0.480 e. The number of carbonyl (C=O) groups is 1. The molecule has 1 aliphatic carbocycles. The molecule has 1 amide bonds. The van der Waals surface area contributed by atoms with E-state index in [0.29, 0.717) is 36.3 Å². The molecule has 1 saturated carbocycles. The molecule has 22 heavy (non-hydrogen) atoms. The van der Waals surface area contributed by atoms with Crippen molar-refractivity contribution >= 4 is 11.7 Å². The third-order valence-corrected chi connectivity index (χ3v) is 3.97. The Morgan fingerprint density at radius 3 is 2.86 bits per heavy atom. The number of methoxy groups -OCH3 is 1. The molecular weight excluding hydrogens is 282 g/mol. The van der Waals surface area contributed by atoms with Crippen LogP contribution in [-0.2, 0) is 11.2 Å². The van der Waals surface area contributed by atoms with Crippen molar-refractivity contribution in [3.63, 3.8) is 0 Å². The molecular formula is C15H15N5O2. The Balaban J connectivity index is 1.85. The zero-order chi connectivity index (χ0) is 15.1. The molecule has 1 N–H and O–H groups in total. The van der Waals surface area contributed by atoms with Crippen molar-refractivity contribution in [2.75, 3.05) is 12.4 Å². The Bertz CT molecular complexity index is 758. The lowest BCUT2D eigenvalue weighted by Crippen LogP contribution is -2.20. The number of carbonyl (C=O) groups excluding carboxylic acids is 1. The summed E-state index contributed by atoms with van der Waals surface area (Å²) in [5, 5.41) is 2.80. The van der Waals surface area contributed by atoms with Gasteiger partial charge in [-0.05, 0) is 19.3 Å². The summed E-state index contributed by atoms with van der Waals surface area (Å²) in [7, 11) is 1.57. The van der Waals surface area contributed by atoms with E-state index < -0.39 is 0 Å². The van der Waals surface area contributed by atoms with E-state index in [4.69, 9.17) is 4.74 Å². The summed E-state index contributed by atoms with van der Waals surface area (Å²) in [6.45, 7) is 0. The number of ether oxygens (including phenoxy) is 1. The smallest absolute Gasteiger partial charge is 0.227 e. The van der Waals surface area contributed by atoms with E-state index in [-0.39, 0.29) is 5.91 Å². The Hall–Kier alpha value is -2.57. The van der Waals surface area contributed by atoms with Gasteiger partial charge < -0.3 is 10.1 Å². The Labute approximate surface area is 127 Å². The van der Waals surface area contributed by atoms with Crippen molar-refractivity contribution in [1.82, 2.24) is 19.9 Å². The maximum Gasteiger partial charge on any atom is 0.227 e. The molecule has 7 heteroatoms. The summed E-state index contributed by atoms with van der Waals surface area (Å²) in [6, 6.07) is 0. The highest BCUT2D eigenvalue weighted by atomic mass is 16.5. The third-order valence-electron chi connectivity index (χ3n) is 3.97. The molecule has 0 aromatic carbocycles. The van der Waals surface area contributed by atoms with Gasteiger partial charge in [0.1, 0.15) is 17.7 Å². The fourth-order valence-electron chi connectivity index (χ4n) is 2.67. The summed E-state index contributed by atoms with van der Waals surface area (Å²) < 4.78 is 5.37. The lowest BCUT2D eigenvalue weighted by atomic mass is 10.1. The van der Waals surface area contributed by atoms with Crippen LogP contribution in [0.3, 0.4) is 0 Å². The summed E-state index contributed by atoms with van der Waals surface area (Å²) in [5.74, 6) is 1.95. The number of hydrogen-bond donors (Lipinski definition) is 1. The molecule has 0 spiro atoms. The number of nitrogens with one attached hydrogen (secondary N) is 1. The fourth-order valence-corrected chi connectivity index (χ4v) is 2.67. The van der Waals surface area contributed by atoms with Crippen LogP contribution >= 0.6 is 0 Å². The Morgan fingerprint density at radius 2 is 2.09 bits per heavy atom. The van der Waals surface area contributed by atoms with Gasteiger partial charge in [0.2, 0.25) is 11.8 Å². The number of anilines is 1. The highest BCUT2D eigenvalue weighted by Crippen LogP contribution is 2.45. The quantitative estimate of drug-likeness (QED) is 0.927. The van der Waals surface area contributed by atoms with Gasteiger partial charge in [-0.15, -0.1) is 0 Å². The summed E-state index contributed by atoms with van der Waals surface area (Å²) >= 11 is 0. The number of aromatic nitrogens is 4. The number of rotatable bonds is 3. The first kappa shape index (κ1) is 13.1. The number of fused-ring (bicyclic) bond motifs is 1. The van der Waals surface area contributed by atoms with E-state index in [1.54, 1.807) is 13.3 Å². The first-order valence-corrected chi connectivity index (χ1v) is 7.31. The van der Waals surface area contributed by atoms with E-state index in [0.717, 1.165) is 29.7 Å². The van der Waals surface area contributed by atoms with Crippen molar-refractivity contribution in [1.29, 1.82) is 0 Å². The molecule has 2 aliphatic rings. The van der Waals surface area contributed by atoms with Gasteiger partial charge in [0.05, 0.1) is 12.8 Å². The van der Waals surface area contributed by atoms with Crippen LogP contribution in [0.2, 0.25) is 0 Å². The van der Waals surface area contributed by atoms with Crippen LogP contribution < -0.4 is 10.1 Å². The minimum absolute atomic E-state index is 0.0177. The summed E-state index contributed by atoms with van der Waals surface area (Å²) in [4.78, 5) is 29.1. The molecule has 1 aliphatic heterocycles. The molecule has 112 valence electrons. The SMILES string of the molecule is COc1ncnc(C2CC2)c1-c1ncc2c(n1)NC(=O)CC2. The van der Waals surface area contributed by atoms with Gasteiger partial charge in [0.25, 0.3) is 0 Å². The molecule has 0 radical (unpaired) electrons. The molecule has 2 aromatic heterocycles. The first-order valence-electron chi connectivity index (χ1n) is 7.31. The lowest BCUT2D eigenvalue weighted by Gasteiger charge is -2.17. The van der Waals surface area contributed by atoms with E-state index in [9.17, 15) is 4.79 Å². The average Bonchev–Trinajstić information content (AvgIpc) is 3.38. The molecule has 7 nitrogen and oxygen atoms in total. The minimum Gasteiger partial charge on any atom is -0.480 e. The first-order chi connectivity index (χ1) is 10.8. The minimum atomic E-state index is -0.0177. The predicted molar refractivity (Wildman–Crippen MR) is 78.5 cm³/mol. The van der Waals surface area contributed by atoms with Crippen molar-refractivity contribution in [2.45, 2.75) is 31.6 Å². The van der Waals surface area contributed by atoms with Gasteiger partial charge in [-0.25, -0.2) is 19.9 Å². The standard InChI is InChI=1S/C15H15N5O2/c1-22-15-11(12(8-2-3-8)17-7-18-15)14-16-6-9-4-5-10(21)19-13(9)20-14/h6-8H,2-5H2,1H3,(H,16,19,20,21). The maximum atomic E-state index is 11.6. The van der Waals surface area contributed by atoms with Crippen molar-refractivity contribution in [3.8, 4) is 17.3 Å². The monoisotopic (exact) mass is 297 g/mol. The second-order valence-corrected chi connectivity index (χ2v) is 5.53. The molecule has 0 atom stereocenters. The third kappa shape index (κ3) is 2.18. The molecule has 0 unspecified atom stereocenters. The molecule has 0 saturated heterocycles. The molecule has 0 bridgehead atoms. The molecule has 1 fully saturated rings. The van der Waals surface area contributed by atoms with Crippen molar-refractivity contribution in [3.05, 3.63) is 23.8 Å². The van der Waals surface area contributed by atoms with E-state index in [2.05, 4.69) is 25.3 Å². The van der Waals surface area contributed by atoms with Gasteiger partial charge >= 0.3 is 0 Å². The van der Waals surface area contributed by atoms with Gasteiger partial charge in [0, 0.05) is 24.1 Å². The van der Waals surface area contributed by atoms with Crippen LogP contribution in [0.4, 0.5) is 5.82 Å². The predicted octanol–water partition coefficient (Wildman–Crippen LogP) is 1.70. The Morgan fingerprint density at radius 1 is 1.23 bits per heavy atom. The van der Waals surface area contributed by atoms with Crippen LogP contribution in [0.15, 0.2) is 12.5 Å². The van der Waals surface area contributed by atoms with Gasteiger partial charge in [-0.2, -0.15) is 0 Å². The molecule has 3 heterocycles. The van der Waals surface area contributed by atoms with Crippen molar-refractivity contribution < 1.29 is 9.53 Å². The van der Waals surface area contributed by atoms with Gasteiger partial charge in [-0.1, -0.05) is 0 Å². The number of nitrogens with zero attached hydrogens (tertiary/aromatic N) is 4.